The molecule has 5 heteroatoms. The minimum atomic E-state index is -0.117. The van der Waals surface area contributed by atoms with Crippen LogP contribution in [0.1, 0.15) is 78.1 Å². The summed E-state index contributed by atoms with van der Waals surface area (Å²) in [6.45, 7) is 4.59. The van der Waals surface area contributed by atoms with E-state index in [0.29, 0.717) is 18.0 Å². The lowest BCUT2D eigenvalue weighted by Crippen LogP contribution is -2.65. The van der Waals surface area contributed by atoms with Crippen molar-refractivity contribution in [1.29, 1.82) is 0 Å². The van der Waals surface area contributed by atoms with E-state index >= 15 is 0 Å². The Morgan fingerprint density at radius 2 is 2.16 bits per heavy atom. The third-order valence-corrected chi connectivity index (χ3v) is 6.93. The van der Waals surface area contributed by atoms with Crippen molar-refractivity contribution in [2.75, 3.05) is 6.54 Å². The molecule has 3 fully saturated rings. The zero-order valence-electron chi connectivity index (χ0n) is 15.7. The van der Waals surface area contributed by atoms with Crippen molar-refractivity contribution in [2.45, 2.75) is 102 Å². The summed E-state index contributed by atoms with van der Waals surface area (Å²) in [6.07, 6.45) is 12.1. The third-order valence-electron chi connectivity index (χ3n) is 6.80. The first-order valence-electron chi connectivity index (χ1n) is 10.1. The van der Waals surface area contributed by atoms with E-state index in [1.165, 1.54) is 57.8 Å². The average molecular weight is 365 g/mol. The topological polar surface area (TPSA) is 41.9 Å². The van der Waals surface area contributed by atoms with Gasteiger partial charge in [-0.05, 0) is 44.3 Å². The molecule has 1 spiro atoms. The lowest BCUT2D eigenvalue weighted by Gasteiger charge is -2.58. The molecule has 0 radical (unpaired) electrons. The molecule has 3 rings (SSSR count). The Bertz CT molecular complexity index is 534. The van der Waals surface area contributed by atoms with Gasteiger partial charge in [0, 0.05) is 36.9 Å². The fourth-order valence-electron chi connectivity index (χ4n) is 6.03. The van der Waals surface area contributed by atoms with E-state index in [9.17, 15) is 4.79 Å². The summed E-state index contributed by atoms with van der Waals surface area (Å²) in [6, 6.07) is 0.989. The lowest BCUT2D eigenvalue weighted by molar-refractivity contribution is -0.170. The zero-order valence-corrected chi connectivity index (χ0v) is 16.5. The van der Waals surface area contributed by atoms with Gasteiger partial charge in [-0.1, -0.05) is 32.6 Å². The summed E-state index contributed by atoms with van der Waals surface area (Å²) >= 11 is 4.82. The maximum atomic E-state index is 11.7. The van der Waals surface area contributed by atoms with E-state index in [1.54, 1.807) is 6.92 Å². The lowest BCUT2D eigenvalue weighted by atomic mass is 9.64. The number of carbonyl (C=O) groups excluding carboxylic acids is 1. The number of isothiocyanates is 1. The molecule has 140 valence electrons. The number of thiocarbonyl (C=S) groups is 1. The largest absolute Gasteiger partial charge is 0.462 e. The van der Waals surface area contributed by atoms with Crippen LogP contribution in [0.5, 0.6) is 0 Å². The van der Waals surface area contributed by atoms with Crippen molar-refractivity contribution in [3.8, 4) is 0 Å². The van der Waals surface area contributed by atoms with Gasteiger partial charge < -0.3 is 4.74 Å². The van der Waals surface area contributed by atoms with Crippen LogP contribution in [0.15, 0.2) is 4.99 Å². The third kappa shape index (κ3) is 3.70. The van der Waals surface area contributed by atoms with Gasteiger partial charge in [-0.2, -0.15) is 0 Å². The second-order valence-electron chi connectivity index (χ2n) is 8.17. The fourth-order valence-corrected chi connectivity index (χ4v) is 6.10. The number of unbranched alkanes of at least 4 members (excludes halogenated alkanes) is 1. The molecular formula is C20H32N2O2S. The summed E-state index contributed by atoms with van der Waals surface area (Å²) in [5, 5.41) is 2.57. The molecule has 1 saturated carbocycles. The van der Waals surface area contributed by atoms with Crippen LogP contribution in [0.3, 0.4) is 0 Å². The first kappa shape index (κ1) is 19.0. The number of piperidine rings is 1. The summed E-state index contributed by atoms with van der Waals surface area (Å²) < 4.78 is 5.87. The van der Waals surface area contributed by atoms with Crippen LogP contribution < -0.4 is 0 Å². The molecule has 25 heavy (non-hydrogen) atoms. The van der Waals surface area contributed by atoms with Gasteiger partial charge in [0.2, 0.25) is 0 Å². The van der Waals surface area contributed by atoms with Crippen LogP contribution >= 0.6 is 12.2 Å². The van der Waals surface area contributed by atoms with Crippen LogP contribution in [0, 0.1) is 5.92 Å². The number of esters is 1. The number of hydrogen-bond donors (Lipinski definition) is 0. The fraction of sp³-hybridized carbons (Fsp3) is 0.900. The molecule has 0 bridgehead atoms. The maximum absolute atomic E-state index is 11.7. The molecular weight excluding hydrogens is 332 g/mol. The van der Waals surface area contributed by atoms with E-state index in [2.05, 4.69) is 22.0 Å². The number of carbonyl (C=O) groups is 1. The van der Waals surface area contributed by atoms with E-state index in [1.807, 2.05) is 0 Å². The smallest absolute Gasteiger partial charge is 0.302 e. The van der Waals surface area contributed by atoms with Gasteiger partial charge in [-0.15, -0.1) is 0 Å². The van der Waals surface area contributed by atoms with Gasteiger partial charge in [0.15, 0.2) is 0 Å². The molecule has 2 saturated heterocycles. The van der Waals surface area contributed by atoms with Gasteiger partial charge in [-0.25, -0.2) is 4.99 Å². The second kappa shape index (κ2) is 8.28. The molecule has 3 aliphatic rings. The Balaban J connectivity index is 1.91. The molecule has 1 aliphatic carbocycles. The molecule has 0 aromatic heterocycles. The Hall–Kier alpha value is -0.770. The molecule has 2 aliphatic heterocycles. The normalized spacial score (nSPS) is 37.7. The molecule has 0 amide bonds. The number of rotatable bonds is 6. The van der Waals surface area contributed by atoms with Crippen molar-refractivity contribution in [1.82, 2.24) is 4.90 Å². The van der Waals surface area contributed by atoms with Crippen molar-refractivity contribution in [3.05, 3.63) is 0 Å². The molecule has 4 nitrogen and oxygen atoms in total. The number of ether oxygens (including phenoxy) is 1. The molecule has 2 heterocycles. The quantitative estimate of drug-likeness (QED) is 0.398. The van der Waals surface area contributed by atoms with Crippen LogP contribution in [-0.2, 0) is 9.53 Å². The van der Waals surface area contributed by atoms with Crippen LogP contribution in [-0.4, -0.2) is 46.3 Å². The number of hydrogen-bond acceptors (Lipinski definition) is 5. The first-order valence-corrected chi connectivity index (χ1v) is 10.5. The molecule has 5 atom stereocenters. The highest BCUT2D eigenvalue weighted by molar-refractivity contribution is 7.78. The van der Waals surface area contributed by atoms with E-state index in [-0.39, 0.29) is 17.6 Å². The van der Waals surface area contributed by atoms with E-state index in [4.69, 9.17) is 17.0 Å². The Morgan fingerprint density at radius 3 is 2.88 bits per heavy atom. The minimum absolute atomic E-state index is 0.101. The second-order valence-corrected chi connectivity index (χ2v) is 8.35. The Labute approximate surface area is 157 Å². The van der Waals surface area contributed by atoms with Crippen molar-refractivity contribution in [3.63, 3.8) is 0 Å². The first-order chi connectivity index (χ1) is 12.1. The zero-order chi connectivity index (χ0) is 17.9. The van der Waals surface area contributed by atoms with Crippen molar-refractivity contribution < 1.29 is 9.53 Å². The predicted octanol–water partition coefficient (Wildman–Crippen LogP) is 4.38. The maximum Gasteiger partial charge on any atom is 0.302 e. The van der Waals surface area contributed by atoms with Crippen LogP contribution in [0.25, 0.3) is 0 Å². The number of aliphatic imine (C=N–C) groups is 1. The summed E-state index contributed by atoms with van der Waals surface area (Å²) in [7, 11) is 0. The van der Waals surface area contributed by atoms with Crippen LogP contribution in [0.4, 0.5) is 0 Å². The van der Waals surface area contributed by atoms with E-state index in [0.717, 1.165) is 13.0 Å². The molecule has 0 aromatic rings. The number of nitrogens with zero attached hydrogens (tertiary/aromatic N) is 2. The van der Waals surface area contributed by atoms with Gasteiger partial charge >= 0.3 is 5.97 Å². The highest BCUT2D eigenvalue weighted by Crippen LogP contribution is 2.55. The standard InChI is InChI=1S/C20H32N2O2S/c1-3-4-7-16-12-19(24-15(2)23)18-8-5-6-10-20(18)11-9-17(22(16)20)13-21-14-25/h16-19H,3-13H2,1-2H3/t16-,17+,18-,19+,20+/m1/s1. The highest BCUT2D eigenvalue weighted by atomic mass is 32.1. The highest BCUT2D eigenvalue weighted by Gasteiger charge is 2.59. The summed E-state index contributed by atoms with van der Waals surface area (Å²) in [4.78, 5) is 18.9. The summed E-state index contributed by atoms with van der Waals surface area (Å²) in [5.41, 5.74) is 0.219. The Morgan fingerprint density at radius 1 is 1.32 bits per heavy atom. The van der Waals surface area contributed by atoms with Crippen LogP contribution in [0.2, 0.25) is 0 Å². The SMILES string of the molecule is CCCC[C@@H]1C[C@H](OC(C)=O)[C@H]2CCCC[C@]23CC[C@@H](CN=C=S)N13. The van der Waals surface area contributed by atoms with Gasteiger partial charge in [-0.3, -0.25) is 9.69 Å². The minimum Gasteiger partial charge on any atom is -0.462 e. The average Bonchev–Trinajstić information content (AvgIpc) is 2.96. The monoisotopic (exact) mass is 364 g/mol. The summed E-state index contributed by atoms with van der Waals surface area (Å²) in [5.74, 6) is 0.373. The molecule has 0 N–H and O–H groups in total. The Kier molecular flexibility index (Phi) is 6.30. The van der Waals surface area contributed by atoms with Gasteiger partial charge in [0.05, 0.1) is 11.7 Å². The molecule has 0 aromatic carbocycles. The molecule has 0 unspecified atom stereocenters. The van der Waals surface area contributed by atoms with Crippen molar-refractivity contribution >= 4 is 23.3 Å². The van der Waals surface area contributed by atoms with E-state index < -0.39 is 0 Å². The van der Waals surface area contributed by atoms with Gasteiger partial charge in [0.25, 0.3) is 0 Å². The van der Waals surface area contributed by atoms with Crippen molar-refractivity contribution in [2.24, 2.45) is 10.9 Å². The predicted molar refractivity (Wildman–Crippen MR) is 103 cm³/mol. The van der Waals surface area contributed by atoms with Gasteiger partial charge in [0.1, 0.15) is 6.10 Å².